The molecule has 2 rings (SSSR count). The second-order valence-electron chi connectivity index (χ2n) is 4.77. The van der Waals surface area contributed by atoms with Crippen molar-refractivity contribution in [2.24, 2.45) is 0 Å². The highest BCUT2D eigenvalue weighted by molar-refractivity contribution is 5.49. The molecule has 0 aliphatic heterocycles. The number of nitrogen functional groups attached to an aromatic ring is 1. The molecule has 0 amide bonds. The number of nitrogens with zero attached hydrogens (tertiary/aromatic N) is 2. The fourth-order valence-electron chi connectivity index (χ4n) is 2.24. The third-order valence-corrected chi connectivity index (χ3v) is 3.31. The normalized spacial score (nSPS) is 12.2. The van der Waals surface area contributed by atoms with Gasteiger partial charge in [0.25, 0.3) is 0 Å². The zero-order valence-corrected chi connectivity index (χ0v) is 12.1. The van der Waals surface area contributed by atoms with Crippen molar-refractivity contribution in [2.75, 3.05) is 17.6 Å². The lowest BCUT2D eigenvalue weighted by molar-refractivity contribution is 0.186. The molecular formula is C15H19FN4O. The van der Waals surface area contributed by atoms with Crippen molar-refractivity contribution < 1.29 is 9.50 Å². The number of hydrogen-bond donors (Lipinski definition) is 3. The van der Waals surface area contributed by atoms with E-state index >= 15 is 0 Å². The van der Waals surface area contributed by atoms with E-state index in [-0.39, 0.29) is 18.1 Å². The van der Waals surface area contributed by atoms with E-state index < -0.39 is 11.9 Å². The van der Waals surface area contributed by atoms with Gasteiger partial charge in [0.15, 0.2) is 0 Å². The SMILES string of the molecule is CCc1c(C)nc(N)nc1NC[C@@H](O)c1ccccc1F. The molecule has 0 fully saturated rings. The summed E-state index contributed by atoms with van der Waals surface area (Å²) in [6.45, 7) is 3.99. The first-order valence-electron chi connectivity index (χ1n) is 6.82. The predicted octanol–water partition coefficient (Wildman–Crippen LogP) is 2.21. The maximum Gasteiger partial charge on any atom is 0.222 e. The van der Waals surface area contributed by atoms with Crippen LogP contribution in [-0.4, -0.2) is 21.6 Å². The van der Waals surface area contributed by atoms with Crippen LogP contribution in [0.4, 0.5) is 16.2 Å². The van der Waals surface area contributed by atoms with Gasteiger partial charge in [0.2, 0.25) is 5.95 Å². The zero-order valence-electron chi connectivity index (χ0n) is 12.1. The number of nitrogens with two attached hydrogens (primary N) is 1. The molecule has 0 bridgehead atoms. The first kappa shape index (κ1) is 15.2. The third kappa shape index (κ3) is 3.46. The molecule has 0 saturated heterocycles. The number of rotatable bonds is 5. The number of benzene rings is 1. The predicted molar refractivity (Wildman–Crippen MR) is 80.4 cm³/mol. The lowest BCUT2D eigenvalue weighted by Crippen LogP contribution is -2.16. The summed E-state index contributed by atoms with van der Waals surface area (Å²) in [7, 11) is 0. The molecule has 0 unspecified atom stereocenters. The molecule has 1 aromatic carbocycles. The van der Waals surface area contributed by atoms with Crippen molar-refractivity contribution in [3.8, 4) is 0 Å². The lowest BCUT2D eigenvalue weighted by Gasteiger charge is -2.16. The Morgan fingerprint density at radius 1 is 1.33 bits per heavy atom. The molecule has 6 heteroatoms. The van der Waals surface area contributed by atoms with Gasteiger partial charge < -0.3 is 16.2 Å². The second kappa shape index (κ2) is 6.49. The highest BCUT2D eigenvalue weighted by Crippen LogP contribution is 2.21. The van der Waals surface area contributed by atoms with Gasteiger partial charge in [0.1, 0.15) is 11.6 Å². The molecule has 4 N–H and O–H groups in total. The Morgan fingerprint density at radius 3 is 2.71 bits per heavy atom. The van der Waals surface area contributed by atoms with Gasteiger partial charge in [-0.3, -0.25) is 0 Å². The smallest absolute Gasteiger partial charge is 0.222 e. The number of halogens is 1. The quantitative estimate of drug-likeness (QED) is 0.786. The van der Waals surface area contributed by atoms with Crippen LogP contribution in [0.1, 0.15) is 29.8 Å². The molecule has 0 aliphatic rings. The highest BCUT2D eigenvalue weighted by atomic mass is 19.1. The molecular weight excluding hydrogens is 271 g/mol. The molecule has 2 aromatic rings. The van der Waals surface area contributed by atoms with E-state index in [1.54, 1.807) is 18.2 Å². The standard InChI is InChI=1S/C15H19FN4O/c1-3-10-9(2)19-15(17)20-14(10)18-8-13(21)11-6-4-5-7-12(11)16/h4-7,13,21H,3,8H2,1-2H3,(H3,17,18,19,20)/t13-/m1/s1. The fraction of sp³-hybridized carbons (Fsp3) is 0.333. The van der Waals surface area contributed by atoms with Crippen LogP contribution in [0, 0.1) is 12.7 Å². The Morgan fingerprint density at radius 2 is 2.05 bits per heavy atom. The summed E-state index contributed by atoms with van der Waals surface area (Å²) >= 11 is 0. The van der Waals surface area contributed by atoms with Gasteiger partial charge in [-0.05, 0) is 19.4 Å². The maximum atomic E-state index is 13.6. The van der Waals surface area contributed by atoms with E-state index in [1.165, 1.54) is 6.07 Å². The van der Waals surface area contributed by atoms with E-state index in [0.29, 0.717) is 5.82 Å². The first-order chi connectivity index (χ1) is 10.0. The summed E-state index contributed by atoms with van der Waals surface area (Å²) in [6.07, 6.45) is -0.225. The van der Waals surface area contributed by atoms with Gasteiger partial charge in [-0.25, -0.2) is 9.37 Å². The largest absolute Gasteiger partial charge is 0.386 e. The average molecular weight is 290 g/mol. The van der Waals surface area contributed by atoms with Crippen molar-refractivity contribution in [1.82, 2.24) is 9.97 Å². The van der Waals surface area contributed by atoms with E-state index in [4.69, 9.17) is 5.73 Å². The Bertz CT molecular complexity index is 633. The molecule has 0 spiro atoms. The van der Waals surface area contributed by atoms with Crippen molar-refractivity contribution in [3.05, 3.63) is 46.9 Å². The van der Waals surface area contributed by atoms with E-state index in [1.807, 2.05) is 13.8 Å². The Balaban J connectivity index is 2.15. The summed E-state index contributed by atoms with van der Waals surface area (Å²) in [4.78, 5) is 8.25. The number of hydrogen-bond acceptors (Lipinski definition) is 5. The Hall–Kier alpha value is -2.21. The van der Waals surface area contributed by atoms with Crippen molar-refractivity contribution >= 4 is 11.8 Å². The average Bonchev–Trinajstić information content (AvgIpc) is 2.44. The summed E-state index contributed by atoms with van der Waals surface area (Å²) in [5.41, 5.74) is 7.63. The molecule has 0 saturated carbocycles. The van der Waals surface area contributed by atoms with Crippen LogP contribution in [0.5, 0.6) is 0 Å². The molecule has 5 nitrogen and oxygen atoms in total. The van der Waals surface area contributed by atoms with Crippen LogP contribution in [0.15, 0.2) is 24.3 Å². The summed E-state index contributed by atoms with van der Waals surface area (Å²) in [6, 6.07) is 6.15. The number of anilines is 2. The third-order valence-electron chi connectivity index (χ3n) is 3.31. The van der Waals surface area contributed by atoms with Crippen LogP contribution in [0.3, 0.4) is 0 Å². The van der Waals surface area contributed by atoms with Crippen molar-refractivity contribution in [3.63, 3.8) is 0 Å². The van der Waals surface area contributed by atoms with Gasteiger partial charge in [-0.1, -0.05) is 25.1 Å². The van der Waals surface area contributed by atoms with Crippen molar-refractivity contribution in [2.45, 2.75) is 26.4 Å². The maximum absolute atomic E-state index is 13.6. The van der Waals surface area contributed by atoms with E-state index in [9.17, 15) is 9.50 Å². The lowest BCUT2D eigenvalue weighted by atomic mass is 10.1. The van der Waals surface area contributed by atoms with Crippen molar-refractivity contribution in [1.29, 1.82) is 0 Å². The van der Waals surface area contributed by atoms with Gasteiger partial charge in [-0.15, -0.1) is 0 Å². The van der Waals surface area contributed by atoms with Crippen LogP contribution in [0.25, 0.3) is 0 Å². The number of aromatic nitrogens is 2. The van der Waals surface area contributed by atoms with Gasteiger partial charge in [0.05, 0.1) is 6.10 Å². The number of aryl methyl sites for hydroxylation is 1. The van der Waals surface area contributed by atoms with Crippen LogP contribution in [0.2, 0.25) is 0 Å². The summed E-state index contributed by atoms with van der Waals surface area (Å²) < 4.78 is 13.6. The molecule has 0 aliphatic carbocycles. The minimum absolute atomic E-state index is 0.143. The Kier molecular flexibility index (Phi) is 4.70. The Labute approximate surface area is 123 Å². The summed E-state index contributed by atoms with van der Waals surface area (Å²) in [5.74, 6) is 0.325. The first-order valence-corrected chi connectivity index (χ1v) is 6.82. The van der Waals surface area contributed by atoms with E-state index in [2.05, 4.69) is 15.3 Å². The minimum Gasteiger partial charge on any atom is -0.386 e. The van der Waals surface area contributed by atoms with Gasteiger partial charge in [0, 0.05) is 23.4 Å². The molecule has 1 aromatic heterocycles. The summed E-state index contributed by atoms with van der Waals surface area (Å²) in [5, 5.41) is 13.1. The van der Waals surface area contributed by atoms with Crippen LogP contribution < -0.4 is 11.1 Å². The molecule has 21 heavy (non-hydrogen) atoms. The highest BCUT2D eigenvalue weighted by Gasteiger charge is 2.14. The molecule has 1 heterocycles. The minimum atomic E-state index is -0.965. The number of aliphatic hydroxyl groups excluding tert-OH is 1. The van der Waals surface area contributed by atoms with Crippen LogP contribution in [-0.2, 0) is 6.42 Å². The van der Waals surface area contributed by atoms with Gasteiger partial charge in [-0.2, -0.15) is 4.98 Å². The molecule has 0 radical (unpaired) electrons. The van der Waals surface area contributed by atoms with Crippen LogP contribution >= 0.6 is 0 Å². The zero-order chi connectivity index (χ0) is 15.4. The monoisotopic (exact) mass is 290 g/mol. The topological polar surface area (TPSA) is 84.1 Å². The van der Waals surface area contributed by atoms with Gasteiger partial charge >= 0.3 is 0 Å². The van der Waals surface area contributed by atoms with E-state index in [0.717, 1.165) is 17.7 Å². The molecule has 112 valence electrons. The second-order valence-corrected chi connectivity index (χ2v) is 4.77. The number of aliphatic hydroxyl groups is 1. The number of nitrogens with one attached hydrogen (secondary N) is 1. The fourth-order valence-corrected chi connectivity index (χ4v) is 2.24. The molecule has 1 atom stereocenters.